The van der Waals surface area contributed by atoms with E-state index >= 15 is 0 Å². The van der Waals surface area contributed by atoms with E-state index in [2.05, 4.69) is 20.8 Å². The van der Waals surface area contributed by atoms with Crippen molar-refractivity contribution >= 4 is 41.5 Å². The van der Waals surface area contributed by atoms with Crippen molar-refractivity contribution in [3.63, 3.8) is 0 Å². The van der Waals surface area contributed by atoms with Gasteiger partial charge in [0.1, 0.15) is 12.0 Å². The molecule has 0 aliphatic carbocycles. The third kappa shape index (κ3) is 5.20. The van der Waals surface area contributed by atoms with Gasteiger partial charge in [-0.05, 0) is 18.6 Å². The van der Waals surface area contributed by atoms with Crippen molar-refractivity contribution in [1.82, 2.24) is 15.8 Å². The van der Waals surface area contributed by atoms with Gasteiger partial charge in [-0.3, -0.25) is 4.99 Å². The molecule has 1 heterocycles. The van der Waals surface area contributed by atoms with Crippen LogP contribution < -0.4 is 10.6 Å². The van der Waals surface area contributed by atoms with Gasteiger partial charge in [-0.2, -0.15) is 0 Å². The van der Waals surface area contributed by atoms with Gasteiger partial charge >= 0.3 is 0 Å². The van der Waals surface area contributed by atoms with Crippen LogP contribution >= 0.6 is 35.6 Å². The molecular weight excluding hydrogens is 403 g/mol. The fourth-order valence-electron chi connectivity index (χ4n) is 1.81. The predicted octanol–water partition coefficient (Wildman–Crippen LogP) is 3.37. The lowest BCUT2D eigenvalue weighted by Gasteiger charge is -2.18. The van der Waals surface area contributed by atoms with E-state index in [1.807, 2.05) is 31.2 Å². The molecule has 7 heteroatoms. The SMILES string of the molecule is CN=C(NCc1ccon1)NC(C)c1ccccc1Cl.I. The Balaban J connectivity index is 0.00000220. The van der Waals surface area contributed by atoms with Crippen molar-refractivity contribution in [3.8, 4) is 0 Å². The van der Waals surface area contributed by atoms with Crippen molar-refractivity contribution in [2.75, 3.05) is 7.05 Å². The summed E-state index contributed by atoms with van der Waals surface area (Å²) >= 11 is 6.18. The maximum atomic E-state index is 6.18. The average molecular weight is 421 g/mol. The average Bonchev–Trinajstić information content (AvgIpc) is 2.97. The van der Waals surface area contributed by atoms with Crippen LogP contribution in [0.3, 0.4) is 0 Å². The van der Waals surface area contributed by atoms with E-state index in [1.54, 1.807) is 19.4 Å². The first-order valence-electron chi connectivity index (χ1n) is 6.31. The van der Waals surface area contributed by atoms with Gasteiger partial charge in [-0.25, -0.2) is 0 Å². The van der Waals surface area contributed by atoms with Crippen LogP contribution in [0.15, 0.2) is 46.1 Å². The van der Waals surface area contributed by atoms with Crippen LogP contribution in [0, 0.1) is 0 Å². The second-order valence-electron chi connectivity index (χ2n) is 4.30. The smallest absolute Gasteiger partial charge is 0.191 e. The van der Waals surface area contributed by atoms with Gasteiger partial charge in [0, 0.05) is 18.1 Å². The van der Waals surface area contributed by atoms with Crippen molar-refractivity contribution in [2.45, 2.75) is 19.5 Å². The number of benzene rings is 1. The van der Waals surface area contributed by atoms with Gasteiger partial charge in [0.2, 0.25) is 0 Å². The summed E-state index contributed by atoms with van der Waals surface area (Å²) in [5.41, 5.74) is 1.84. The van der Waals surface area contributed by atoms with Gasteiger partial charge in [0.25, 0.3) is 0 Å². The van der Waals surface area contributed by atoms with Crippen LogP contribution in [-0.2, 0) is 6.54 Å². The number of halogens is 2. The number of hydrogen-bond donors (Lipinski definition) is 2. The lowest BCUT2D eigenvalue weighted by molar-refractivity contribution is 0.410. The first-order valence-corrected chi connectivity index (χ1v) is 6.69. The normalized spacial score (nSPS) is 12.4. The summed E-state index contributed by atoms with van der Waals surface area (Å²) in [5.74, 6) is 0.681. The standard InChI is InChI=1S/C14H17ClN4O.HI/c1-10(12-5-3-4-6-13(12)15)18-14(16-2)17-9-11-7-8-20-19-11;/h3-8,10H,9H2,1-2H3,(H2,16,17,18);1H. The van der Waals surface area contributed by atoms with Crippen LogP contribution in [0.5, 0.6) is 0 Å². The van der Waals surface area contributed by atoms with E-state index in [-0.39, 0.29) is 30.0 Å². The zero-order valence-corrected chi connectivity index (χ0v) is 14.9. The fraction of sp³-hybridized carbons (Fsp3) is 0.286. The Kier molecular flexibility index (Phi) is 7.52. The molecule has 0 bridgehead atoms. The Bertz CT molecular complexity index is 574. The highest BCUT2D eigenvalue weighted by atomic mass is 127. The highest BCUT2D eigenvalue weighted by molar-refractivity contribution is 14.0. The third-order valence-corrected chi connectivity index (χ3v) is 3.22. The fourth-order valence-corrected chi connectivity index (χ4v) is 2.11. The molecule has 0 amide bonds. The summed E-state index contributed by atoms with van der Waals surface area (Å²) in [6.07, 6.45) is 1.54. The molecule has 21 heavy (non-hydrogen) atoms. The number of guanidine groups is 1. The van der Waals surface area contributed by atoms with Gasteiger partial charge in [0.05, 0.1) is 12.6 Å². The van der Waals surface area contributed by atoms with E-state index in [0.29, 0.717) is 12.5 Å². The molecule has 1 atom stereocenters. The minimum Gasteiger partial charge on any atom is -0.364 e. The molecule has 2 aromatic rings. The molecule has 5 nitrogen and oxygen atoms in total. The summed E-state index contributed by atoms with van der Waals surface area (Å²) in [4.78, 5) is 4.18. The van der Waals surface area contributed by atoms with Gasteiger partial charge < -0.3 is 15.2 Å². The number of nitrogens with zero attached hydrogens (tertiary/aromatic N) is 2. The minimum absolute atomic E-state index is 0. The number of aromatic nitrogens is 1. The quantitative estimate of drug-likeness (QED) is 0.452. The Labute approximate surface area is 146 Å². The monoisotopic (exact) mass is 420 g/mol. The van der Waals surface area contributed by atoms with E-state index in [9.17, 15) is 0 Å². The Hall–Kier alpha value is -1.28. The molecular formula is C14H18ClIN4O. The number of rotatable bonds is 4. The molecule has 0 spiro atoms. The molecule has 0 aliphatic heterocycles. The maximum absolute atomic E-state index is 6.18. The second kappa shape index (κ2) is 8.89. The number of nitrogens with one attached hydrogen (secondary N) is 2. The minimum atomic E-state index is 0. The molecule has 1 unspecified atom stereocenters. The Morgan fingerprint density at radius 3 is 2.76 bits per heavy atom. The van der Waals surface area contributed by atoms with Crippen LogP contribution in [0.25, 0.3) is 0 Å². The second-order valence-corrected chi connectivity index (χ2v) is 4.71. The molecule has 0 aliphatic rings. The Morgan fingerprint density at radius 1 is 1.38 bits per heavy atom. The van der Waals surface area contributed by atoms with Crippen molar-refractivity contribution in [1.29, 1.82) is 0 Å². The molecule has 0 radical (unpaired) electrons. The molecule has 114 valence electrons. The van der Waals surface area contributed by atoms with E-state index in [1.165, 1.54) is 0 Å². The summed E-state index contributed by atoms with van der Waals surface area (Å²) in [6.45, 7) is 2.58. The number of hydrogen-bond acceptors (Lipinski definition) is 3. The van der Waals surface area contributed by atoms with E-state index in [4.69, 9.17) is 16.1 Å². The first-order chi connectivity index (χ1) is 9.70. The molecule has 2 rings (SSSR count). The van der Waals surface area contributed by atoms with Crippen LogP contribution in [0.4, 0.5) is 0 Å². The topological polar surface area (TPSA) is 62.5 Å². The molecule has 1 aromatic heterocycles. The maximum Gasteiger partial charge on any atom is 0.191 e. The summed E-state index contributed by atoms with van der Waals surface area (Å²) in [5, 5.41) is 11.0. The van der Waals surface area contributed by atoms with Gasteiger partial charge in [0.15, 0.2) is 5.96 Å². The lowest BCUT2D eigenvalue weighted by Crippen LogP contribution is -2.38. The molecule has 0 saturated carbocycles. The van der Waals surface area contributed by atoms with Crippen molar-refractivity contribution in [2.24, 2.45) is 4.99 Å². The third-order valence-electron chi connectivity index (χ3n) is 2.88. The molecule has 1 aromatic carbocycles. The Morgan fingerprint density at radius 2 is 2.14 bits per heavy atom. The lowest BCUT2D eigenvalue weighted by atomic mass is 10.1. The van der Waals surface area contributed by atoms with Crippen LogP contribution in [0.1, 0.15) is 24.2 Å². The summed E-state index contributed by atoms with van der Waals surface area (Å²) < 4.78 is 4.78. The van der Waals surface area contributed by atoms with Crippen LogP contribution in [-0.4, -0.2) is 18.2 Å². The number of aliphatic imine (C=N–C) groups is 1. The van der Waals surface area contributed by atoms with E-state index in [0.717, 1.165) is 16.3 Å². The zero-order chi connectivity index (χ0) is 14.4. The first kappa shape index (κ1) is 17.8. The highest BCUT2D eigenvalue weighted by Crippen LogP contribution is 2.21. The molecule has 0 saturated heterocycles. The summed E-state index contributed by atoms with van der Waals surface area (Å²) in [6, 6.07) is 9.59. The van der Waals surface area contributed by atoms with E-state index < -0.39 is 0 Å². The van der Waals surface area contributed by atoms with Gasteiger partial charge in [-0.15, -0.1) is 24.0 Å². The van der Waals surface area contributed by atoms with Crippen molar-refractivity contribution in [3.05, 3.63) is 52.9 Å². The summed E-state index contributed by atoms with van der Waals surface area (Å²) in [7, 11) is 1.72. The molecule has 0 fully saturated rings. The largest absolute Gasteiger partial charge is 0.364 e. The zero-order valence-electron chi connectivity index (χ0n) is 11.8. The molecule has 2 N–H and O–H groups in total. The highest BCUT2D eigenvalue weighted by Gasteiger charge is 2.10. The predicted molar refractivity (Wildman–Crippen MR) is 95.1 cm³/mol. The van der Waals surface area contributed by atoms with Crippen LogP contribution in [0.2, 0.25) is 5.02 Å². The van der Waals surface area contributed by atoms with Gasteiger partial charge in [-0.1, -0.05) is 35.0 Å². The van der Waals surface area contributed by atoms with Crippen molar-refractivity contribution < 1.29 is 4.52 Å².